The van der Waals surface area contributed by atoms with E-state index in [-0.39, 0.29) is 11.1 Å². The number of ether oxygens (including phenoxy) is 1. The van der Waals surface area contributed by atoms with Crippen LogP contribution in [0.1, 0.15) is 31.9 Å². The summed E-state index contributed by atoms with van der Waals surface area (Å²) in [5.74, 6) is 0.0298. The molecule has 2 N–H and O–H groups in total. The van der Waals surface area contributed by atoms with Crippen LogP contribution in [0.2, 0.25) is 0 Å². The zero-order valence-electron chi connectivity index (χ0n) is 12.1. The summed E-state index contributed by atoms with van der Waals surface area (Å²) in [5, 5.41) is 0. The average molecular weight is 273 g/mol. The van der Waals surface area contributed by atoms with E-state index in [9.17, 15) is 4.39 Å². The Kier molecular flexibility index (Phi) is 3.98. The minimum atomic E-state index is -0.453. The maximum atomic E-state index is 13.3. The van der Waals surface area contributed by atoms with Crippen molar-refractivity contribution in [1.82, 2.24) is 0 Å². The maximum absolute atomic E-state index is 13.3. The lowest BCUT2D eigenvalue weighted by Crippen LogP contribution is -2.10. The van der Waals surface area contributed by atoms with Gasteiger partial charge in [0.05, 0.1) is 5.69 Å². The Morgan fingerprint density at radius 2 is 1.70 bits per heavy atom. The van der Waals surface area contributed by atoms with E-state index < -0.39 is 5.82 Å². The van der Waals surface area contributed by atoms with E-state index in [0.717, 1.165) is 5.56 Å². The van der Waals surface area contributed by atoms with Crippen LogP contribution in [0.15, 0.2) is 42.5 Å². The Balaban J connectivity index is 2.02. The SMILES string of the molecule is CC(C)(C)c1ccc(COc2ccc(N)c(F)c2)cc1. The number of halogens is 1. The summed E-state index contributed by atoms with van der Waals surface area (Å²) in [5.41, 5.74) is 8.02. The zero-order valence-corrected chi connectivity index (χ0v) is 12.1. The molecule has 0 saturated carbocycles. The molecule has 0 fully saturated rings. The molecule has 3 heteroatoms. The standard InChI is InChI=1S/C17H20FNO/c1-17(2,3)13-6-4-12(5-7-13)11-20-14-8-9-16(19)15(18)10-14/h4-10H,11,19H2,1-3H3. The minimum Gasteiger partial charge on any atom is -0.489 e. The van der Waals surface area contributed by atoms with Crippen molar-refractivity contribution in [3.8, 4) is 5.75 Å². The molecule has 2 nitrogen and oxygen atoms in total. The van der Waals surface area contributed by atoms with Crippen LogP contribution in [-0.4, -0.2) is 0 Å². The van der Waals surface area contributed by atoms with Gasteiger partial charge in [-0.25, -0.2) is 4.39 Å². The van der Waals surface area contributed by atoms with Gasteiger partial charge in [0.2, 0.25) is 0 Å². The van der Waals surface area contributed by atoms with Gasteiger partial charge in [0, 0.05) is 6.07 Å². The van der Waals surface area contributed by atoms with Gasteiger partial charge in [0.15, 0.2) is 0 Å². The van der Waals surface area contributed by atoms with Gasteiger partial charge >= 0.3 is 0 Å². The Morgan fingerprint density at radius 3 is 2.25 bits per heavy atom. The lowest BCUT2D eigenvalue weighted by molar-refractivity contribution is 0.304. The number of nitrogen functional groups attached to an aromatic ring is 1. The minimum absolute atomic E-state index is 0.131. The molecular weight excluding hydrogens is 253 g/mol. The molecule has 0 aliphatic heterocycles. The summed E-state index contributed by atoms with van der Waals surface area (Å²) < 4.78 is 18.8. The van der Waals surface area contributed by atoms with Crippen molar-refractivity contribution >= 4 is 5.69 Å². The van der Waals surface area contributed by atoms with Crippen molar-refractivity contribution in [2.45, 2.75) is 32.8 Å². The molecule has 0 unspecified atom stereocenters. The summed E-state index contributed by atoms with van der Waals surface area (Å²) in [6, 6.07) is 12.8. The van der Waals surface area contributed by atoms with E-state index in [2.05, 4.69) is 32.9 Å². The number of hydrogen-bond acceptors (Lipinski definition) is 2. The molecule has 0 amide bonds. The van der Waals surface area contributed by atoms with Gasteiger partial charge in [-0.05, 0) is 28.7 Å². The van der Waals surface area contributed by atoms with Crippen molar-refractivity contribution in [2.75, 3.05) is 5.73 Å². The first-order valence-corrected chi connectivity index (χ1v) is 6.63. The molecule has 0 radical (unpaired) electrons. The zero-order chi connectivity index (χ0) is 14.8. The third kappa shape index (κ3) is 3.50. The van der Waals surface area contributed by atoms with Crippen LogP contribution in [0.4, 0.5) is 10.1 Å². The third-order valence-electron chi connectivity index (χ3n) is 3.20. The molecule has 0 aliphatic rings. The van der Waals surface area contributed by atoms with E-state index in [1.165, 1.54) is 17.7 Å². The van der Waals surface area contributed by atoms with Gasteiger partial charge in [-0.1, -0.05) is 45.0 Å². The summed E-state index contributed by atoms with van der Waals surface area (Å²) >= 11 is 0. The predicted octanol–water partition coefficient (Wildman–Crippen LogP) is 4.28. The topological polar surface area (TPSA) is 35.2 Å². The van der Waals surface area contributed by atoms with E-state index in [1.807, 2.05) is 12.1 Å². The number of rotatable bonds is 3. The molecule has 106 valence electrons. The second kappa shape index (κ2) is 5.53. The highest BCUT2D eigenvalue weighted by atomic mass is 19.1. The summed E-state index contributed by atoms with van der Waals surface area (Å²) in [6.07, 6.45) is 0. The van der Waals surface area contributed by atoms with Crippen LogP contribution < -0.4 is 10.5 Å². The molecule has 0 aromatic heterocycles. The Bertz CT molecular complexity index is 585. The largest absolute Gasteiger partial charge is 0.489 e. The van der Waals surface area contributed by atoms with Crippen LogP contribution in [0.3, 0.4) is 0 Å². The number of anilines is 1. The molecule has 20 heavy (non-hydrogen) atoms. The monoisotopic (exact) mass is 273 g/mol. The van der Waals surface area contributed by atoms with Crippen LogP contribution in [-0.2, 0) is 12.0 Å². The molecular formula is C17H20FNO. The Labute approximate surface area is 119 Å². The maximum Gasteiger partial charge on any atom is 0.149 e. The van der Waals surface area contributed by atoms with Crippen LogP contribution in [0.25, 0.3) is 0 Å². The molecule has 0 atom stereocenters. The normalized spacial score (nSPS) is 11.4. The fraction of sp³-hybridized carbons (Fsp3) is 0.294. The second-order valence-electron chi connectivity index (χ2n) is 5.92. The number of nitrogens with two attached hydrogens (primary N) is 1. The number of benzene rings is 2. The second-order valence-corrected chi connectivity index (χ2v) is 5.92. The molecule has 0 spiro atoms. The molecule has 2 aromatic carbocycles. The summed E-state index contributed by atoms with van der Waals surface area (Å²) in [4.78, 5) is 0. The van der Waals surface area contributed by atoms with Crippen LogP contribution in [0.5, 0.6) is 5.75 Å². The van der Waals surface area contributed by atoms with Gasteiger partial charge < -0.3 is 10.5 Å². The van der Waals surface area contributed by atoms with Gasteiger partial charge in [-0.3, -0.25) is 0 Å². The molecule has 0 aliphatic carbocycles. The molecule has 0 heterocycles. The fourth-order valence-electron chi connectivity index (χ4n) is 1.87. The third-order valence-corrected chi connectivity index (χ3v) is 3.20. The van der Waals surface area contributed by atoms with Crippen molar-refractivity contribution in [3.63, 3.8) is 0 Å². The smallest absolute Gasteiger partial charge is 0.149 e. The highest BCUT2D eigenvalue weighted by molar-refractivity contribution is 5.43. The van der Waals surface area contributed by atoms with E-state index in [1.54, 1.807) is 6.07 Å². The summed E-state index contributed by atoms with van der Waals surface area (Å²) in [6.45, 7) is 6.94. The first kappa shape index (κ1) is 14.4. The van der Waals surface area contributed by atoms with Gasteiger partial charge in [0.25, 0.3) is 0 Å². The quantitative estimate of drug-likeness (QED) is 0.847. The van der Waals surface area contributed by atoms with Gasteiger partial charge in [-0.2, -0.15) is 0 Å². The molecule has 2 rings (SSSR count). The Morgan fingerprint density at radius 1 is 1.05 bits per heavy atom. The lowest BCUT2D eigenvalue weighted by atomic mass is 9.87. The summed E-state index contributed by atoms with van der Waals surface area (Å²) in [7, 11) is 0. The molecule has 2 aromatic rings. The van der Waals surface area contributed by atoms with Crippen LogP contribution in [0, 0.1) is 5.82 Å². The highest BCUT2D eigenvalue weighted by Gasteiger charge is 2.12. The van der Waals surface area contributed by atoms with Crippen molar-refractivity contribution < 1.29 is 9.13 Å². The van der Waals surface area contributed by atoms with Crippen molar-refractivity contribution in [2.24, 2.45) is 0 Å². The van der Waals surface area contributed by atoms with Gasteiger partial charge in [0.1, 0.15) is 18.2 Å². The van der Waals surface area contributed by atoms with E-state index in [0.29, 0.717) is 12.4 Å². The predicted molar refractivity (Wildman–Crippen MR) is 80.3 cm³/mol. The molecule has 0 bridgehead atoms. The first-order valence-electron chi connectivity index (χ1n) is 6.63. The highest BCUT2D eigenvalue weighted by Crippen LogP contribution is 2.23. The number of hydrogen-bond donors (Lipinski definition) is 1. The lowest BCUT2D eigenvalue weighted by Gasteiger charge is -2.19. The van der Waals surface area contributed by atoms with Crippen LogP contribution >= 0.6 is 0 Å². The molecule has 0 saturated heterocycles. The van der Waals surface area contributed by atoms with Gasteiger partial charge in [-0.15, -0.1) is 0 Å². The van der Waals surface area contributed by atoms with E-state index in [4.69, 9.17) is 10.5 Å². The van der Waals surface area contributed by atoms with E-state index >= 15 is 0 Å². The van der Waals surface area contributed by atoms with Crippen molar-refractivity contribution in [1.29, 1.82) is 0 Å². The first-order chi connectivity index (χ1) is 9.36. The average Bonchev–Trinajstić information content (AvgIpc) is 2.40. The fourth-order valence-corrected chi connectivity index (χ4v) is 1.87. The Hall–Kier alpha value is -2.03. The van der Waals surface area contributed by atoms with Crippen molar-refractivity contribution in [3.05, 3.63) is 59.4 Å².